The van der Waals surface area contributed by atoms with Crippen LogP contribution in [0, 0.1) is 5.82 Å². The van der Waals surface area contributed by atoms with Gasteiger partial charge in [-0.25, -0.2) is 9.18 Å². The van der Waals surface area contributed by atoms with E-state index in [-0.39, 0.29) is 24.2 Å². The highest BCUT2D eigenvalue weighted by Crippen LogP contribution is 2.35. The summed E-state index contributed by atoms with van der Waals surface area (Å²) in [5, 5.41) is 4.68. The van der Waals surface area contributed by atoms with E-state index in [4.69, 9.17) is 4.74 Å². The van der Waals surface area contributed by atoms with Crippen LogP contribution in [0.1, 0.15) is 26.9 Å². The smallest absolute Gasteiger partial charge is 0.411 e. The monoisotopic (exact) mass is 522 g/mol. The van der Waals surface area contributed by atoms with Crippen molar-refractivity contribution >= 4 is 34.9 Å². The summed E-state index contributed by atoms with van der Waals surface area (Å²) in [5.74, 6) is -0.758. The van der Waals surface area contributed by atoms with Gasteiger partial charge in [0.1, 0.15) is 5.82 Å². The topological polar surface area (TPSA) is 82.2 Å². The summed E-state index contributed by atoms with van der Waals surface area (Å²) >= 11 is 1.35. The SMILES string of the molecule is CN1CCN(C(=O)C2C(c3ccc(NC(=O)c4cccs4)cc3)OC(=O)N2Cc2ccc(F)cc2)CC1. The van der Waals surface area contributed by atoms with Gasteiger partial charge in [0.15, 0.2) is 12.1 Å². The van der Waals surface area contributed by atoms with E-state index in [0.717, 1.165) is 13.1 Å². The fraction of sp³-hybridized carbons (Fsp3) is 0.296. The standard InChI is InChI=1S/C27H27FN4O4S/c1-30-12-14-31(15-13-30)26(34)23-24(36-27(35)32(23)17-18-4-8-20(28)9-5-18)19-6-10-21(11-7-19)29-25(33)22-3-2-16-37-22/h2-11,16,23-24H,12-15,17H2,1H3,(H,29,33). The predicted octanol–water partition coefficient (Wildman–Crippen LogP) is 3.98. The molecule has 1 N–H and O–H groups in total. The molecule has 2 aliphatic heterocycles. The lowest BCUT2D eigenvalue weighted by atomic mass is 9.99. The summed E-state index contributed by atoms with van der Waals surface area (Å²) in [7, 11) is 2.01. The van der Waals surface area contributed by atoms with E-state index >= 15 is 0 Å². The summed E-state index contributed by atoms with van der Waals surface area (Å²) in [6, 6.07) is 15.5. The second-order valence-electron chi connectivity index (χ2n) is 9.19. The van der Waals surface area contributed by atoms with Gasteiger partial charge in [-0.05, 0) is 53.9 Å². The number of anilines is 1. The quantitative estimate of drug-likeness (QED) is 0.530. The van der Waals surface area contributed by atoms with Crippen molar-refractivity contribution < 1.29 is 23.5 Å². The number of nitrogens with zero attached hydrogens (tertiary/aromatic N) is 3. The van der Waals surface area contributed by atoms with E-state index in [2.05, 4.69) is 10.2 Å². The van der Waals surface area contributed by atoms with Crippen LogP contribution in [0.3, 0.4) is 0 Å². The lowest BCUT2D eigenvalue weighted by molar-refractivity contribution is -0.138. The first kappa shape index (κ1) is 24.9. The van der Waals surface area contributed by atoms with Crippen LogP contribution in [0.2, 0.25) is 0 Å². The lowest BCUT2D eigenvalue weighted by Gasteiger charge is -2.36. The van der Waals surface area contributed by atoms with E-state index < -0.39 is 18.2 Å². The number of hydrogen-bond donors (Lipinski definition) is 1. The number of likely N-dealkylation sites (N-methyl/N-ethyl adjacent to an activating group) is 1. The van der Waals surface area contributed by atoms with Crippen LogP contribution in [0.5, 0.6) is 0 Å². The molecule has 8 nitrogen and oxygen atoms in total. The fourth-order valence-electron chi connectivity index (χ4n) is 4.55. The Bertz CT molecular complexity index is 1260. The highest BCUT2D eigenvalue weighted by Gasteiger charge is 2.48. The number of nitrogens with one attached hydrogen (secondary N) is 1. The molecule has 2 fully saturated rings. The zero-order valence-corrected chi connectivity index (χ0v) is 21.1. The number of hydrogen-bond acceptors (Lipinski definition) is 6. The number of halogens is 1. The van der Waals surface area contributed by atoms with Crippen LogP contribution in [-0.2, 0) is 16.1 Å². The molecule has 3 aromatic rings. The fourth-order valence-corrected chi connectivity index (χ4v) is 5.17. The summed E-state index contributed by atoms with van der Waals surface area (Å²) in [6.45, 7) is 2.73. The zero-order valence-electron chi connectivity index (χ0n) is 20.3. The Kier molecular flexibility index (Phi) is 7.20. The van der Waals surface area contributed by atoms with Crippen LogP contribution in [0.4, 0.5) is 14.9 Å². The van der Waals surface area contributed by atoms with Gasteiger partial charge in [-0.2, -0.15) is 0 Å². The molecule has 2 saturated heterocycles. The molecule has 2 unspecified atom stereocenters. The Balaban J connectivity index is 1.39. The van der Waals surface area contributed by atoms with Crippen LogP contribution >= 0.6 is 11.3 Å². The molecule has 0 saturated carbocycles. The Hall–Kier alpha value is -3.76. The second kappa shape index (κ2) is 10.7. The predicted molar refractivity (Wildman–Crippen MR) is 138 cm³/mol. The number of rotatable bonds is 6. The number of cyclic esters (lactones) is 1. The van der Waals surface area contributed by atoms with Crippen LogP contribution in [0.25, 0.3) is 0 Å². The van der Waals surface area contributed by atoms with Crippen molar-refractivity contribution in [3.05, 3.63) is 87.9 Å². The van der Waals surface area contributed by atoms with E-state index in [0.29, 0.717) is 34.8 Å². The summed E-state index contributed by atoms with van der Waals surface area (Å²) in [6.07, 6.45) is -1.42. The minimum atomic E-state index is -0.868. The van der Waals surface area contributed by atoms with Crippen LogP contribution in [0.15, 0.2) is 66.0 Å². The third-order valence-electron chi connectivity index (χ3n) is 6.66. The van der Waals surface area contributed by atoms with Gasteiger partial charge >= 0.3 is 6.09 Å². The number of thiophene rings is 1. The number of benzene rings is 2. The van der Waals surface area contributed by atoms with E-state index in [1.165, 1.54) is 28.4 Å². The van der Waals surface area contributed by atoms with Gasteiger partial charge < -0.3 is 19.9 Å². The number of ether oxygens (including phenoxy) is 1. The first-order valence-corrected chi connectivity index (χ1v) is 12.9. The zero-order chi connectivity index (χ0) is 25.9. The van der Waals surface area contributed by atoms with Crippen molar-refractivity contribution in [1.29, 1.82) is 0 Å². The summed E-state index contributed by atoms with van der Waals surface area (Å²) < 4.78 is 19.2. The van der Waals surface area contributed by atoms with Gasteiger partial charge in [0, 0.05) is 31.9 Å². The molecule has 2 atom stereocenters. The molecular weight excluding hydrogens is 495 g/mol. The van der Waals surface area contributed by atoms with Crippen molar-refractivity contribution in [2.24, 2.45) is 0 Å². The van der Waals surface area contributed by atoms with Crippen molar-refractivity contribution in [1.82, 2.24) is 14.7 Å². The molecule has 192 valence electrons. The van der Waals surface area contributed by atoms with Gasteiger partial charge in [-0.3, -0.25) is 14.5 Å². The average molecular weight is 523 g/mol. The molecule has 0 radical (unpaired) electrons. The minimum Gasteiger partial charge on any atom is -0.438 e. The summed E-state index contributed by atoms with van der Waals surface area (Å²) in [5.41, 5.74) is 1.94. The second-order valence-corrected chi connectivity index (χ2v) is 10.1. The van der Waals surface area contributed by atoms with Crippen molar-refractivity contribution in [3.8, 4) is 0 Å². The van der Waals surface area contributed by atoms with Gasteiger partial charge in [0.05, 0.1) is 11.4 Å². The van der Waals surface area contributed by atoms with E-state index in [1.807, 2.05) is 18.5 Å². The molecule has 3 amide bonds. The van der Waals surface area contributed by atoms with Crippen molar-refractivity contribution in [2.45, 2.75) is 18.7 Å². The molecule has 10 heteroatoms. The van der Waals surface area contributed by atoms with Crippen molar-refractivity contribution in [3.63, 3.8) is 0 Å². The third-order valence-corrected chi connectivity index (χ3v) is 7.53. The van der Waals surface area contributed by atoms with Gasteiger partial charge in [-0.1, -0.05) is 30.3 Å². The first-order valence-electron chi connectivity index (χ1n) is 12.0. The van der Waals surface area contributed by atoms with Crippen molar-refractivity contribution in [2.75, 3.05) is 38.5 Å². The molecule has 2 aliphatic rings. The van der Waals surface area contributed by atoms with Gasteiger partial charge in [0.25, 0.3) is 5.91 Å². The lowest BCUT2D eigenvalue weighted by Crippen LogP contribution is -2.54. The number of carbonyl (C=O) groups is 3. The molecule has 37 heavy (non-hydrogen) atoms. The molecule has 0 spiro atoms. The largest absolute Gasteiger partial charge is 0.438 e. The Morgan fingerprint density at radius 2 is 1.73 bits per heavy atom. The number of piperazine rings is 1. The Labute approximate surface area is 218 Å². The molecule has 3 heterocycles. The van der Waals surface area contributed by atoms with Crippen LogP contribution < -0.4 is 5.32 Å². The molecule has 2 aromatic carbocycles. The minimum absolute atomic E-state index is 0.120. The molecule has 5 rings (SSSR count). The maximum atomic E-state index is 13.8. The summed E-state index contributed by atoms with van der Waals surface area (Å²) in [4.78, 5) is 45.1. The maximum absolute atomic E-state index is 13.8. The van der Waals surface area contributed by atoms with E-state index in [1.54, 1.807) is 47.4 Å². The number of amides is 3. The normalized spacial score (nSPS) is 20.1. The molecule has 0 aliphatic carbocycles. The first-order chi connectivity index (χ1) is 17.9. The maximum Gasteiger partial charge on any atom is 0.411 e. The molecule has 1 aromatic heterocycles. The highest BCUT2D eigenvalue weighted by atomic mass is 32.1. The Morgan fingerprint density at radius 1 is 1.03 bits per heavy atom. The molecular formula is C27H27FN4O4S. The Morgan fingerprint density at radius 3 is 2.38 bits per heavy atom. The number of carbonyl (C=O) groups excluding carboxylic acids is 3. The average Bonchev–Trinajstić information content (AvgIpc) is 3.55. The van der Waals surface area contributed by atoms with Crippen LogP contribution in [-0.4, -0.2) is 71.9 Å². The van der Waals surface area contributed by atoms with Gasteiger partial charge in [-0.15, -0.1) is 11.3 Å². The van der Waals surface area contributed by atoms with E-state index in [9.17, 15) is 18.8 Å². The molecule has 0 bridgehead atoms. The third kappa shape index (κ3) is 5.50. The highest BCUT2D eigenvalue weighted by molar-refractivity contribution is 7.12. The van der Waals surface area contributed by atoms with Gasteiger partial charge in [0.2, 0.25) is 5.91 Å².